The van der Waals surface area contributed by atoms with Crippen molar-refractivity contribution in [3.63, 3.8) is 0 Å². The van der Waals surface area contributed by atoms with Crippen LogP contribution in [0.1, 0.15) is 40.0 Å². The van der Waals surface area contributed by atoms with Crippen molar-refractivity contribution in [3.8, 4) is 0 Å². The van der Waals surface area contributed by atoms with Crippen LogP contribution in [0.5, 0.6) is 0 Å². The Morgan fingerprint density at radius 2 is 1.87 bits per heavy atom. The van der Waals surface area contributed by atoms with Gasteiger partial charge in [-0.3, -0.25) is 9.59 Å². The standard InChI is InChI=1S/C11H20O4/c1-4-15-11(14)7-9(5-8(2)3)6-10(12)13/h8-9H,4-7H2,1-3H3,(H,12,13)/t9-/m0/s1. The molecule has 0 radical (unpaired) electrons. The molecule has 0 aliphatic heterocycles. The van der Waals surface area contributed by atoms with Crippen LogP contribution >= 0.6 is 0 Å². The highest BCUT2D eigenvalue weighted by Gasteiger charge is 2.19. The zero-order chi connectivity index (χ0) is 11.8. The van der Waals surface area contributed by atoms with Crippen LogP contribution in [-0.4, -0.2) is 23.7 Å². The number of aliphatic carboxylic acids is 1. The molecule has 1 atom stereocenters. The summed E-state index contributed by atoms with van der Waals surface area (Å²) in [7, 11) is 0. The number of carboxylic acids is 1. The van der Waals surface area contributed by atoms with Crippen LogP contribution in [0.3, 0.4) is 0 Å². The van der Waals surface area contributed by atoms with E-state index >= 15 is 0 Å². The van der Waals surface area contributed by atoms with Crippen molar-refractivity contribution in [2.24, 2.45) is 11.8 Å². The Morgan fingerprint density at radius 1 is 1.27 bits per heavy atom. The van der Waals surface area contributed by atoms with Crippen molar-refractivity contribution in [1.82, 2.24) is 0 Å². The van der Waals surface area contributed by atoms with Crippen molar-refractivity contribution in [2.75, 3.05) is 6.61 Å². The lowest BCUT2D eigenvalue weighted by molar-refractivity contribution is -0.145. The number of rotatable bonds is 7. The summed E-state index contributed by atoms with van der Waals surface area (Å²) in [6.45, 7) is 6.12. The maximum atomic E-state index is 11.2. The minimum Gasteiger partial charge on any atom is -0.481 e. The van der Waals surface area contributed by atoms with Gasteiger partial charge in [-0.1, -0.05) is 13.8 Å². The molecule has 0 amide bonds. The van der Waals surface area contributed by atoms with Gasteiger partial charge in [0.1, 0.15) is 0 Å². The van der Waals surface area contributed by atoms with Crippen LogP contribution in [0.25, 0.3) is 0 Å². The van der Waals surface area contributed by atoms with Crippen LogP contribution in [0, 0.1) is 11.8 Å². The van der Waals surface area contributed by atoms with E-state index in [1.54, 1.807) is 6.92 Å². The van der Waals surface area contributed by atoms with E-state index in [4.69, 9.17) is 9.84 Å². The SMILES string of the molecule is CCOC(=O)C[C@H](CC(=O)O)CC(C)C. The van der Waals surface area contributed by atoms with Crippen LogP contribution < -0.4 is 0 Å². The molecule has 4 nitrogen and oxygen atoms in total. The molecular formula is C11H20O4. The molecule has 0 aromatic carbocycles. The van der Waals surface area contributed by atoms with Gasteiger partial charge in [-0.05, 0) is 25.2 Å². The molecule has 0 aliphatic rings. The molecule has 0 aromatic heterocycles. The summed E-state index contributed by atoms with van der Waals surface area (Å²) in [5, 5.41) is 8.69. The Balaban J connectivity index is 4.11. The first-order valence-corrected chi connectivity index (χ1v) is 5.33. The largest absolute Gasteiger partial charge is 0.481 e. The lowest BCUT2D eigenvalue weighted by Crippen LogP contribution is -2.16. The van der Waals surface area contributed by atoms with Crippen molar-refractivity contribution in [3.05, 3.63) is 0 Å². The fraction of sp³-hybridized carbons (Fsp3) is 0.818. The van der Waals surface area contributed by atoms with E-state index in [2.05, 4.69) is 0 Å². The molecule has 0 spiro atoms. The second-order valence-corrected chi connectivity index (χ2v) is 4.10. The summed E-state index contributed by atoms with van der Waals surface area (Å²) in [5.74, 6) is -0.875. The van der Waals surface area contributed by atoms with E-state index in [1.165, 1.54) is 0 Å². The molecule has 0 aromatic rings. The Kier molecular flexibility index (Phi) is 6.75. The van der Waals surface area contributed by atoms with E-state index in [1.807, 2.05) is 13.8 Å². The Hall–Kier alpha value is -1.06. The first-order chi connectivity index (χ1) is 6.95. The Labute approximate surface area is 90.6 Å². The van der Waals surface area contributed by atoms with Gasteiger partial charge < -0.3 is 9.84 Å². The van der Waals surface area contributed by atoms with E-state index in [9.17, 15) is 9.59 Å². The summed E-state index contributed by atoms with van der Waals surface area (Å²) >= 11 is 0. The molecular weight excluding hydrogens is 196 g/mol. The fourth-order valence-corrected chi connectivity index (χ4v) is 1.61. The number of ether oxygens (including phenoxy) is 1. The minimum atomic E-state index is -0.857. The first kappa shape index (κ1) is 13.9. The molecule has 0 aliphatic carbocycles. The Morgan fingerprint density at radius 3 is 2.27 bits per heavy atom. The molecule has 1 N–H and O–H groups in total. The quantitative estimate of drug-likeness (QED) is 0.662. The van der Waals surface area contributed by atoms with Gasteiger partial charge in [0, 0.05) is 12.8 Å². The zero-order valence-electron chi connectivity index (χ0n) is 9.66. The van der Waals surface area contributed by atoms with Crippen LogP contribution in [0.4, 0.5) is 0 Å². The molecule has 0 bridgehead atoms. The van der Waals surface area contributed by atoms with Crippen molar-refractivity contribution < 1.29 is 19.4 Å². The summed E-state index contributed by atoms with van der Waals surface area (Å²) < 4.78 is 4.80. The molecule has 0 heterocycles. The minimum absolute atomic E-state index is 0.0387. The van der Waals surface area contributed by atoms with Crippen molar-refractivity contribution in [1.29, 1.82) is 0 Å². The summed E-state index contributed by atoms with van der Waals surface area (Å²) in [6, 6.07) is 0. The summed E-state index contributed by atoms with van der Waals surface area (Å²) in [6.07, 6.45) is 0.987. The maximum absolute atomic E-state index is 11.2. The summed E-state index contributed by atoms with van der Waals surface area (Å²) in [5.41, 5.74) is 0. The van der Waals surface area contributed by atoms with Crippen LogP contribution in [0.15, 0.2) is 0 Å². The predicted molar refractivity (Wildman–Crippen MR) is 56.4 cm³/mol. The molecule has 15 heavy (non-hydrogen) atoms. The van der Waals surface area contributed by atoms with E-state index < -0.39 is 5.97 Å². The van der Waals surface area contributed by atoms with Crippen molar-refractivity contribution in [2.45, 2.75) is 40.0 Å². The van der Waals surface area contributed by atoms with Gasteiger partial charge in [0.2, 0.25) is 0 Å². The number of hydrogen-bond acceptors (Lipinski definition) is 3. The predicted octanol–water partition coefficient (Wildman–Crippen LogP) is 2.08. The monoisotopic (exact) mass is 216 g/mol. The smallest absolute Gasteiger partial charge is 0.306 e. The van der Waals surface area contributed by atoms with Gasteiger partial charge >= 0.3 is 11.9 Å². The zero-order valence-corrected chi connectivity index (χ0v) is 9.66. The van der Waals surface area contributed by atoms with Crippen LogP contribution in [0.2, 0.25) is 0 Å². The third kappa shape index (κ3) is 7.97. The number of carbonyl (C=O) groups excluding carboxylic acids is 1. The van der Waals surface area contributed by atoms with Gasteiger partial charge in [0.25, 0.3) is 0 Å². The highest BCUT2D eigenvalue weighted by molar-refractivity contribution is 5.72. The molecule has 0 saturated carbocycles. The molecule has 4 heteroatoms. The highest BCUT2D eigenvalue weighted by atomic mass is 16.5. The third-order valence-electron chi connectivity index (χ3n) is 2.03. The average Bonchev–Trinajstić information content (AvgIpc) is 2.00. The molecule has 0 rings (SSSR count). The normalized spacial score (nSPS) is 12.5. The number of carbonyl (C=O) groups is 2. The topological polar surface area (TPSA) is 63.6 Å². The number of carboxylic acid groups (broad SMARTS) is 1. The lowest BCUT2D eigenvalue weighted by atomic mass is 9.91. The van der Waals surface area contributed by atoms with Gasteiger partial charge in [0.05, 0.1) is 6.61 Å². The van der Waals surface area contributed by atoms with Gasteiger partial charge in [-0.15, -0.1) is 0 Å². The Bertz CT molecular complexity index is 211. The van der Waals surface area contributed by atoms with E-state index in [0.717, 1.165) is 6.42 Å². The second-order valence-electron chi connectivity index (χ2n) is 4.10. The maximum Gasteiger partial charge on any atom is 0.306 e. The first-order valence-electron chi connectivity index (χ1n) is 5.33. The molecule has 88 valence electrons. The van der Waals surface area contributed by atoms with Crippen molar-refractivity contribution >= 4 is 11.9 Å². The van der Waals surface area contributed by atoms with Gasteiger partial charge in [-0.2, -0.15) is 0 Å². The average molecular weight is 216 g/mol. The fourth-order valence-electron chi connectivity index (χ4n) is 1.61. The molecule has 0 unspecified atom stereocenters. The number of esters is 1. The van der Waals surface area contributed by atoms with Gasteiger partial charge in [0.15, 0.2) is 0 Å². The van der Waals surface area contributed by atoms with Gasteiger partial charge in [-0.25, -0.2) is 0 Å². The molecule has 0 saturated heterocycles. The third-order valence-corrected chi connectivity index (χ3v) is 2.03. The van der Waals surface area contributed by atoms with Crippen LogP contribution in [-0.2, 0) is 14.3 Å². The van der Waals surface area contributed by atoms with E-state index in [-0.39, 0.29) is 24.7 Å². The van der Waals surface area contributed by atoms with E-state index in [0.29, 0.717) is 12.5 Å². The number of hydrogen-bond donors (Lipinski definition) is 1. The highest BCUT2D eigenvalue weighted by Crippen LogP contribution is 2.19. The lowest BCUT2D eigenvalue weighted by Gasteiger charge is -2.15. The second kappa shape index (κ2) is 7.26. The molecule has 0 fully saturated rings. The summed E-state index contributed by atoms with van der Waals surface area (Å²) in [4.78, 5) is 21.8.